The topological polar surface area (TPSA) is 104 Å². The standard InChI is InChI=1S/C31H31FN4O4/c1-17-5-7-22-12-21(17)15-36(4)30(38)28(34-23-8-10-25-26(13-23)29(37)33-14-27(25)32)20-6-9-24(18(2)11-20)19(3)16-40-31(39)35-22/h5-14,19,28,34H,15-16H2,1-4H3,(H,33,37)(H,35,39)/t19-,28+/m0/s1. The average molecular weight is 543 g/mol. The molecule has 2 aliphatic heterocycles. The Morgan fingerprint density at radius 1 is 0.975 bits per heavy atom. The average Bonchev–Trinajstić information content (AvgIpc) is 2.93. The van der Waals surface area contributed by atoms with E-state index in [0.29, 0.717) is 17.9 Å². The zero-order valence-corrected chi connectivity index (χ0v) is 22.8. The van der Waals surface area contributed by atoms with Crippen LogP contribution >= 0.6 is 0 Å². The highest BCUT2D eigenvalue weighted by molar-refractivity contribution is 5.89. The van der Waals surface area contributed by atoms with Crippen LogP contribution in [0.4, 0.5) is 20.6 Å². The van der Waals surface area contributed by atoms with Gasteiger partial charge in [-0.2, -0.15) is 0 Å². The van der Waals surface area contributed by atoms with Gasteiger partial charge in [-0.25, -0.2) is 9.18 Å². The van der Waals surface area contributed by atoms with Crippen molar-refractivity contribution in [3.63, 3.8) is 0 Å². The van der Waals surface area contributed by atoms with Gasteiger partial charge in [0.25, 0.3) is 5.56 Å². The number of rotatable bonds is 2. The summed E-state index contributed by atoms with van der Waals surface area (Å²) in [4.78, 5) is 42.9. The van der Waals surface area contributed by atoms with Gasteiger partial charge in [0.05, 0.1) is 12.0 Å². The minimum atomic E-state index is -0.787. The zero-order chi connectivity index (χ0) is 28.6. The van der Waals surface area contributed by atoms with Crippen LogP contribution in [0.15, 0.2) is 65.6 Å². The first kappa shape index (κ1) is 26.9. The third kappa shape index (κ3) is 5.40. The van der Waals surface area contributed by atoms with Crippen LogP contribution < -0.4 is 16.2 Å². The van der Waals surface area contributed by atoms with E-state index in [2.05, 4.69) is 15.6 Å². The number of nitrogens with zero attached hydrogens (tertiary/aromatic N) is 1. The molecule has 9 heteroatoms. The first-order valence-electron chi connectivity index (χ1n) is 13.1. The van der Waals surface area contributed by atoms with Crippen molar-refractivity contribution >= 4 is 34.1 Å². The van der Waals surface area contributed by atoms with Crippen LogP contribution in [0.25, 0.3) is 10.8 Å². The summed E-state index contributed by atoms with van der Waals surface area (Å²) in [6.45, 7) is 6.36. The highest BCUT2D eigenvalue weighted by atomic mass is 19.1. The SMILES string of the molecule is Cc1ccc2cc1CN(C)C(=O)[C@H](Nc1ccc3c(F)c[nH]c(=O)c3c1)c1ccc(c(C)c1)[C@@H](C)COC(=O)N2. The first-order chi connectivity index (χ1) is 19.1. The number of H-pyrrole nitrogens is 1. The van der Waals surface area contributed by atoms with Gasteiger partial charge in [0.1, 0.15) is 11.9 Å². The number of fused-ring (bicyclic) bond motifs is 10. The zero-order valence-electron chi connectivity index (χ0n) is 22.8. The van der Waals surface area contributed by atoms with Crippen LogP contribution in [0.5, 0.6) is 0 Å². The summed E-state index contributed by atoms with van der Waals surface area (Å²) >= 11 is 0. The monoisotopic (exact) mass is 542 g/mol. The molecule has 6 rings (SSSR count). The van der Waals surface area contributed by atoms with Crippen molar-refractivity contribution < 1.29 is 18.7 Å². The Kier molecular flexibility index (Phi) is 7.30. The third-order valence-electron chi connectivity index (χ3n) is 7.41. The van der Waals surface area contributed by atoms with Gasteiger partial charge in [-0.3, -0.25) is 14.9 Å². The predicted octanol–water partition coefficient (Wildman–Crippen LogP) is 5.76. The van der Waals surface area contributed by atoms with E-state index in [1.54, 1.807) is 30.1 Å². The highest BCUT2D eigenvalue weighted by Gasteiger charge is 2.26. The van der Waals surface area contributed by atoms with E-state index in [-0.39, 0.29) is 29.2 Å². The number of carbonyl (C=O) groups is 2. The normalized spacial score (nSPS) is 18.0. The van der Waals surface area contributed by atoms with Gasteiger partial charge < -0.3 is 19.9 Å². The molecule has 0 fully saturated rings. The summed E-state index contributed by atoms with van der Waals surface area (Å²) in [7, 11) is 1.72. The van der Waals surface area contributed by atoms with Crippen molar-refractivity contribution in [1.29, 1.82) is 0 Å². The summed E-state index contributed by atoms with van der Waals surface area (Å²) in [6, 6.07) is 15.2. The lowest BCUT2D eigenvalue weighted by atomic mass is 9.93. The largest absolute Gasteiger partial charge is 0.449 e. The van der Waals surface area contributed by atoms with Gasteiger partial charge in [0.15, 0.2) is 0 Å². The van der Waals surface area contributed by atoms with Gasteiger partial charge in [0, 0.05) is 42.5 Å². The molecule has 3 N–H and O–H groups in total. The smallest absolute Gasteiger partial charge is 0.411 e. The van der Waals surface area contributed by atoms with Crippen molar-refractivity contribution in [2.24, 2.45) is 0 Å². The van der Waals surface area contributed by atoms with Crippen LogP contribution in [0.3, 0.4) is 0 Å². The quantitative estimate of drug-likeness (QED) is 0.299. The van der Waals surface area contributed by atoms with Gasteiger partial charge in [-0.15, -0.1) is 0 Å². The number of likely N-dealkylation sites (N-methyl/N-ethyl adjacent to an activating group) is 1. The number of hydrogen-bond acceptors (Lipinski definition) is 5. The number of ether oxygens (including phenoxy) is 1. The Morgan fingerprint density at radius 3 is 2.55 bits per heavy atom. The van der Waals surface area contributed by atoms with Crippen molar-refractivity contribution in [3.05, 3.63) is 105 Å². The van der Waals surface area contributed by atoms with Crippen molar-refractivity contribution in [3.8, 4) is 0 Å². The Bertz CT molecular complexity index is 1680. The summed E-state index contributed by atoms with van der Waals surface area (Å²) in [5.74, 6) is -0.800. The molecule has 206 valence electrons. The van der Waals surface area contributed by atoms with Gasteiger partial charge >= 0.3 is 6.09 Å². The van der Waals surface area contributed by atoms with Crippen molar-refractivity contribution in [2.45, 2.75) is 39.3 Å². The molecule has 2 atom stereocenters. The Balaban J connectivity index is 1.58. The number of hydrogen-bond donors (Lipinski definition) is 3. The molecule has 0 spiro atoms. The lowest BCUT2D eigenvalue weighted by molar-refractivity contribution is -0.131. The van der Waals surface area contributed by atoms with E-state index >= 15 is 0 Å². The van der Waals surface area contributed by atoms with Gasteiger partial charge in [0.2, 0.25) is 5.91 Å². The van der Waals surface area contributed by atoms with Gasteiger partial charge in [-0.05, 0) is 72.0 Å². The molecule has 0 radical (unpaired) electrons. The molecular formula is C31H31FN4O4. The molecule has 3 heterocycles. The minimum absolute atomic E-state index is 0.0758. The number of aromatic amines is 1. The number of halogens is 1. The summed E-state index contributed by atoms with van der Waals surface area (Å²) in [5.41, 5.74) is 5.18. The summed E-state index contributed by atoms with van der Waals surface area (Å²) in [6.07, 6.45) is 0.502. The second-order valence-electron chi connectivity index (χ2n) is 10.4. The number of anilines is 2. The first-order valence-corrected chi connectivity index (χ1v) is 13.1. The van der Waals surface area contributed by atoms with E-state index in [1.807, 2.05) is 51.1 Å². The predicted molar refractivity (Wildman–Crippen MR) is 153 cm³/mol. The maximum atomic E-state index is 14.3. The molecule has 2 aliphatic rings. The van der Waals surface area contributed by atoms with E-state index in [1.165, 1.54) is 6.07 Å². The molecule has 0 aliphatic carbocycles. The van der Waals surface area contributed by atoms with Crippen molar-refractivity contribution in [1.82, 2.24) is 9.88 Å². The van der Waals surface area contributed by atoms with Gasteiger partial charge in [-0.1, -0.05) is 31.2 Å². The van der Waals surface area contributed by atoms with E-state index in [0.717, 1.165) is 34.0 Å². The summed E-state index contributed by atoms with van der Waals surface area (Å²) in [5, 5.41) is 6.47. The molecule has 3 aromatic carbocycles. The molecule has 40 heavy (non-hydrogen) atoms. The second-order valence-corrected chi connectivity index (χ2v) is 10.4. The Morgan fingerprint density at radius 2 is 1.77 bits per heavy atom. The molecule has 2 amide bonds. The second kappa shape index (κ2) is 10.8. The molecule has 0 saturated heterocycles. The molecular weight excluding hydrogens is 511 g/mol. The maximum absolute atomic E-state index is 14.3. The van der Waals surface area contributed by atoms with E-state index in [4.69, 9.17) is 4.74 Å². The Labute approximate surface area is 231 Å². The molecule has 4 aromatic rings. The van der Waals surface area contributed by atoms with E-state index in [9.17, 15) is 18.8 Å². The number of carbonyl (C=O) groups excluding carboxylic acids is 2. The number of aryl methyl sites for hydroxylation is 2. The lowest BCUT2D eigenvalue weighted by Gasteiger charge is -2.27. The fourth-order valence-corrected chi connectivity index (χ4v) is 5.12. The highest BCUT2D eigenvalue weighted by Crippen LogP contribution is 2.29. The van der Waals surface area contributed by atoms with Crippen LogP contribution in [0, 0.1) is 19.7 Å². The Hall–Kier alpha value is -4.66. The fourth-order valence-electron chi connectivity index (χ4n) is 5.12. The number of aromatic nitrogens is 1. The van der Waals surface area contributed by atoms with Crippen LogP contribution in [-0.2, 0) is 16.1 Å². The van der Waals surface area contributed by atoms with Crippen molar-refractivity contribution in [2.75, 3.05) is 24.3 Å². The van der Waals surface area contributed by atoms with Crippen LogP contribution in [-0.4, -0.2) is 35.5 Å². The molecule has 1 aromatic heterocycles. The number of amides is 2. The number of pyridine rings is 1. The molecule has 0 saturated carbocycles. The van der Waals surface area contributed by atoms with Crippen LogP contribution in [0.1, 0.15) is 46.7 Å². The lowest BCUT2D eigenvalue weighted by Crippen LogP contribution is -2.35. The molecule has 4 bridgehead atoms. The minimum Gasteiger partial charge on any atom is -0.449 e. The summed E-state index contributed by atoms with van der Waals surface area (Å²) < 4.78 is 19.8. The molecule has 0 unspecified atom stereocenters. The number of benzene rings is 3. The number of nitrogens with one attached hydrogen (secondary N) is 3. The van der Waals surface area contributed by atoms with Crippen LogP contribution in [0.2, 0.25) is 0 Å². The van der Waals surface area contributed by atoms with E-state index < -0.39 is 23.5 Å². The third-order valence-corrected chi connectivity index (χ3v) is 7.41. The molecule has 8 nitrogen and oxygen atoms in total. The fraction of sp³-hybridized carbons (Fsp3) is 0.258. The maximum Gasteiger partial charge on any atom is 0.411 e.